The summed E-state index contributed by atoms with van der Waals surface area (Å²) < 4.78 is 4.88. The van der Waals surface area contributed by atoms with E-state index in [4.69, 9.17) is 4.74 Å². The quantitative estimate of drug-likeness (QED) is 0.618. The van der Waals surface area contributed by atoms with Gasteiger partial charge >= 0.3 is 0 Å². The Kier molecular flexibility index (Phi) is 7.54. The highest BCUT2D eigenvalue weighted by Crippen LogP contribution is 2.01. The fraction of sp³-hybridized carbons (Fsp3) is 0.818. The van der Waals surface area contributed by atoms with Crippen LogP contribution in [0.25, 0.3) is 0 Å². The van der Waals surface area contributed by atoms with Gasteiger partial charge in [-0.15, -0.1) is 0 Å². The first-order valence-electron chi connectivity index (χ1n) is 5.52. The Morgan fingerprint density at radius 3 is 2.38 bits per heavy atom. The molecule has 5 heteroatoms. The molecule has 16 heavy (non-hydrogen) atoms. The third kappa shape index (κ3) is 6.40. The summed E-state index contributed by atoms with van der Waals surface area (Å²) >= 11 is 0. The van der Waals surface area contributed by atoms with Crippen LogP contribution in [0, 0.1) is 5.92 Å². The summed E-state index contributed by atoms with van der Waals surface area (Å²) in [5.41, 5.74) is 0. The van der Waals surface area contributed by atoms with E-state index in [0.29, 0.717) is 13.2 Å². The van der Waals surface area contributed by atoms with Crippen molar-refractivity contribution in [2.24, 2.45) is 5.92 Å². The molecule has 0 aromatic rings. The van der Waals surface area contributed by atoms with E-state index >= 15 is 0 Å². The van der Waals surface area contributed by atoms with Crippen molar-refractivity contribution in [3.63, 3.8) is 0 Å². The highest BCUT2D eigenvalue weighted by Gasteiger charge is 2.22. The zero-order valence-corrected chi connectivity index (χ0v) is 10.5. The van der Waals surface area contributed by atoms with Crippen molar-refractivity contribution in [1.29, 1.82) is 0 Å². The Labute approximate surface area is 96.9 Å². The fourth-order valence-corrected chi connectivity index (χ4v) is 1.29. The van der Waals surface area contributed by atoms with Crippen LogP contribution in [-0.2, 0) is 14.3 Å². The Morgan fingerprint density at radius 1 is 1.31 bits per heavy atom. The maximum atomic E-state index is 11.7. The smallest absolute Gasteiger partial charge is 0.242 e. The maximum Gasteiger partial charge on any atom is 0.242 e. The lowest BCUT2D eigenvalue weighted by Gasteiger charge is -2.20. The van der Waals surface area contributed by atoms with Crippen LogP contribution in [0.4, 0.5) is 0 Å². The molecule has 0 radical (unpaired) electrons. The van der Waals surface area contributed by atoms with E-state index in [1.54, 1.807) is 7.11 Å². The number of methoxy groups -OCH3 is 1. The van der Waals surface area contributed by atoms with Crippen molar-refractivity contribution in [3.05, 3.63) is 0 Å². The molecular weight excluding hydrogens is 208 g/mol. The van der Waals surface area contributed by atoms with E-state index in [9.17, 15) is 9.59 Å². The van der Waals surface area contributed by atoms with Crippen molar-refractivity contribution in [2.45, 2.75) is 33.2 Å². The average Bonchev–Trinajstić information content (AvgIpc) is 2.20. The number of carbonyl (C=O) groups excluding carboxylic acids is 2. The van der Waals surface area contributed by atoms with Gasteiger partial charge in [0.05, 0.1) is 0 Å². The molecule has 0 saturated carbocycles. The van der Waals surface area contributed by atoms with Gasteiger partial charge in [0, 0.05) is 27.2 Å². The minimum atomic E-state index is -0.458. The molecule has 0 rings (SSSR count). The van der Waals surface area contributed by atoms with Gasteiger partial charge in [-0.25, -0.2) is 0 Å². The van der Waals surface area contributed by atoms with Crippen LogP contribution in [0.2, 0.25) is 0 Å². The highest BCUT2D eigenvalue weighted by atomic mass is 16.5. The molecule has 0 aromatic heterocycles. The van der Waals surface area contributed by atoms with Crippen LogP contribution in [-0.4, -0.2) is 38.1 Å². The standard InChI is InChI=1S/C11H22N2O3/c1-8(2)10(13-9(3)14)11(15)12-6-5-7-16-4/h8,10H,5-7H2,1-4H3,(H,12,15)(H,13,14). The maximum absolute atomic E-state index is 11.7. The van der Waals surface area contributed by atoms with Crippen LogP contribution in [0.1, 0.15) is 27.2 Å². The summed E-state index contributed by atoms with van der Waals surface area (Å²) in [6, 6.07) is -0.458. The van der Waals surface area contributed by atoms with E-state index in [1.807, 2.05) is 13.8 Å². The number of carbonyl (C=O) groups is 2. The number of nitrogens with one attached hydrogen (secondary N) is 2. The van der Waals surface area contributed by atoms with Crippen LogP contribution in [0.15, 0.2) is 0 Å². The third-order valence-electron chi connectivity index (χ3n) is 2.13. The topological polar surface area (TPSA) is 67.4 Å². The lowest BCUT2D eigenvalue weighted by Crippen LogP contribution is -2.49. The second-order valence-electron chi connectivity index (χ2n) is 4.06. The Morgan fingerprint density at radius 2 is 1.94 bits per heavy atom. The van der Waals surface area contributed by atoms with Crippen molar-refractivity contribution in [1.82, 2.24) is 10.6 Å². The summed E-state index contributed by atoms with van der Waals surface area (Å²) in [5.74, 6) is -0.252. The zero-order valence-electron chi connectivity index (χ0n) is 10.5. The van der Waals surface area contributed by atoms with Gasteiger partial charge in [-0.3, -0.25) is 9.59 Å². The predicted octanol–water partition coefficient (Wildman–Crippen LogP) is 0.300. The summed E-state index contributed by atoms with van der Waals surface area (Å²) in [5, 5.41) is 5.41. The van der Waals surface area contributed by atoms with Crippen molar-refractivity contribution >= 4 is 11.8 Å². The van der Waals surface area contributed by atoms with Crippen LogP contribution in [0.3, 0.4) is 0 Å². The molecule has 2 N–H and O–H groups in total. The average molecular weight is 230 g/mol. The van der Waals surface area contributed by atoms with Crippen molar-refractivity contribution in [2.75, 3.05) is 20.3 Å². The molecule has 1 atom stereocenters. The van der Waals surface area contributed by atoms with E-state index in [-0.39, 0.29) is 17.7 Å². The van der Waals surface area contributed by atoms with E-state index < -0.39 is 6.04 Å². The summed E-state index contributed by atoms with van der Waals surface area (Å²) in [6.45, 7) is 6.39. The SMILES string of the molecule is COCCCNC(=O)C(NC(C)=O)C(C)C. The van der Waals surface area contributed by atoms with Gasteiger partial charge < -0.3 is 15.4 Å². The Hall–Kier alpha value is -1.10. The Balaban J connectivity index is 4.02. The van der Waals surface area contributed by atoms with Gasteiger partial charge in [0.2, 0.25) is 11.8 Å². The van der Waals surface area contributed by atoms with E-state index in [0.717, 1.165) is 6.42 Å². The van der Waals surface area contributed by atoms with Gasteiger partial charge in [-0.1, -0.05) is 13.8 Å². The van der Waals surface area contributed by atoms with Gasteiger partial charge in [-0.2, -0.15) is 0 Å². The molecule has 5 nitrogen and oxygen atoms in total. The van der Waals surface area contributed by atoms with Crippen molar-refractivity contribution in [3.8, 4) is 0 Å². The molecule has 1 unspecified atom stereocenters. The summed E-state index contributed by atoms with van der Waals surface area (Å²) in [6.07, 6.45) is 0.771. The normalized spacial score (nSPS) is 12.3. The summed E-state index contributed by atoms with van der Waals surface area (Å²) in [4.78, 5) is 22.6. The first-order valence-corrected chi connectivity index (χ1v) is 5.52. The lowest BCUT2D eigenvalue weighted by atomic mass is 10.0. The molecule has 0 spiro atoms. The second kappa shape index (κ2) is 8.10. The van der Waals surface area contributed by atoms with Gasteiger partial charge in [0.1, 0.15) is 6.04 Å². The first kappa shape index (κ1) is 14.9. The van der Waals surface area contributed by atoms with E-state index in [2.05, 4.69) is 10.6 Å². The summed E-state index contributed by atoms with van der Waals surface area (Å²) in [7, 11) is 1.62. The van der Waals surface area contributed by atoms with Gasteiger partial charge in [0.15, 0.2) is 0 Å². The number of hydrogen-bond donors (Lipinski definition) is 2. The molecule has 0 aliphatic heterocycles. The number of hydrogen-bond acceptors (Lipinski definition) is 3. The molecule has 0 aliphatic rings. The lowest BCUT2D eigenvalue weighted by molar-refractivity contribution is -0.129. The zero-order chi connectivity index (χ0) is 12.6. The Bertz CT molecular complexity index is 229. The molecular formula is C11H22N2O3. The minimum Gasteiger partial charge on any atom is -0.385 e. The molecule has 0 fully saturated rings. The van der Waals surface area contributed by atoms with Crippen LogP contribution < -0.4 is 10.6 Å². The minimum absolute atomic E-state index is 0.0753. The molecule has 0 heterocycles. The van der Waals surface area contributed by atoms with Gasteiger partial charge in [0.25, 0.3) is 0 Å². The second-order valence-corrected chi connectivity index (χ2v) is 4.06. The monoisotopic (exact) mass is 230 g/mol. The van der Waals surface area contributed by atoms with Crippen LogP contribution >= 0.6 is 0 Å². The number of rotatable bonds is 7. The molecule has 0 aromatic carbocycles. The molecule has 0 aliphatic carbocycles. The number of amides is 2. The molecule has 0 saturated heterocycles. The first-order chi connectivity index (χ1) is 7.49. The molecule has 0 bridgehead atoms. The number of ether oxygens (including phenoxy) is 1. The largest absolute Gasteiger partial charge is 0.385 e. The predicted molar refractivity (Wildman–Crippen MR) is 61.9 cm³/mol. The van der Waals surface area contributed by atoms with Crippen LogP contribution in [0.5, 0.6) is 0 Å². The molecule has 94 valence electrons. The highest BCUT2D eigenvalue weighted by molar-refractivity contribution is 5.86. The fourth-order valence-electron chi connectivity index (χ4n) is 1.29. The van der Waals surface area contributed by atoms with Gasteiger partial charge in [-0.05, 0) is 12.3 Å². The molecule has 2 amide bonds. The van der Waals surface area contributed by atoms with E-state index in [1.165, 1.54) is 6.92 Å². The third-order valence-corrected chi connectivity index (χ3v) is 2.13. The van der Waals surface area contributed by atoms with Crippen molar-refractivity contribution < 1.29 is 14.3 Å².